The number of aromatic nitrogens is 1. The van der Waals surface area contributed by atoms with Gasteiger partial charge in [0.15, 0.2) is 5.96 Å². The second kappa shape index (κ2) is 12.6. The van der Waals surface area contributed by atoms with E-state index in [9.17, 15) is 4.39 Å². The van der Waals surface area contributed by atoms with Gasteiger partial charge >= 0.3 is 0 Å². The van der Waals surface area contributed by atoms with E-state index < -0.39 is 0 Å². The SMILES string of the molecule is CCC(CNC(=NC)NCc1ccc(OCCOC)nc1)Oc1cccc(F)c1. The molecule has 1 aromatic heterocycles. The highest BCUT2D eigenvalue weighted by atomic mass is 19.1. The molecule has 2 N–H and O–H groups in total. The highest BCUT2D eigenvalue weighted by Gasteiger charge is 2.10. The van der Waals surface area contributed by atoms with Crippen LogP contribution < -0.4 is 20.1 Å². The molecule has 29 heavy (non-hydrogen) atoms. The third-order valence-corrected chi connectivity index (χ3v) is 4.07. The topological polar surface area (TPSA) is 77.0 Å². The number of rotatable bonds is 11. The smallest absolute Gasteiger partial charge is 0.213 e. The van der Waals surface area contributed by atoms with E-state index in [1.165, 1.54) is 12.1 Å². The van der Waals surface area contributed by atoms with E-state index >= 15 is 0 Å². The molecule has 0 aliphatic rings. The molecular formula is C21H29FN4O3. The van der Waals surface area contributed by atoms with E-state index in [0.29, 0.717) is 43.9 Å². The molecule has 0 radical (unpaired) electrons. The number of benzene rings is 1. The molecule has 0 aliphatic carbocycles. The van der Waals surface area contributed by atoms with Gasteiger partial charge in [0, 0.05) is 39.0 Å². The molecule has 158 valence electrons. The summed E-state index contributed by atoms with van der Waals surface area (Å²) in [5.41, 5.74) is 0.995. The number of nitrogens with one attached hydrogen (secondary N) is 2. The fourth-order valence-corrected chi connectivity index (χ4v) is 2.45. The normalized spacial score (nSPS) is 12.3. The minimum atomic E-state index is -0.313. The van der Waals surface area contributed by atoms with E-state index in [-0.39, 0.29) is 11.9 Å². The molecule has 2 aromatic rings. The molecule has 0 amide bonds. The maximum atomic E-state index is 13.3. The fourth-order valence-electron chi connectivity index (χ4n) is 2.45. The number of guanidine groups is 1. The van der Waals surface area contributed by atoms with Gasteiger partial charge in [-0.25, -0.2) is 9.37 Å². The van der Waals surface area contributed by atoms with Gasteiger partial charge in [-0.2, -0.15) is 0 Å². The Hall–Kier alpha value is -2.87. The summed E-state index contributed by atoms with van der Waals surface area (Å²) >= 11 is 0. The first-order valence-electron chi connectivity index (χ1n) is 9.58. The third-order valence-electron chi connectivity index (χ3n) is 4.07. The summed E-state index contributed by atoms with van der Waals surface area (Å²) in [7, 11) is 3.33. The number of aliphatic imine (C=N–C) groups is 1. The van der Waals surface area contributed by atoms with Crippen LogP contribution in [0.15, 0.2) is 47.6 Å². The molecule has 8 heteroatoms. The quantitative estimate of drug-likeness (QED) is 0.341. The summed E-state index contributed by atoms with van der Waals surface area (Å²) in [6.07, 6.45) is 2.42. The Kier molecular flexibility index (Phi) is 9.71. The van der Waals surface area contributed by atoms with Crippen LogP contribution in [0.5, 0.6) is 11.6 Å². The highest BCUT2D eigenvalue weighted by molar-refractivity contribution is 5.79. The average Bonchev–Trinajstić information content (AvgIpc) is 2.74. The number of ether oxygens (including phenoxy) is 3. The Balaban J connectivity index is 1.77. The lowest BCUT2D eigenvalue weighted by atomic mass is 10.2. The standard InChI is InChI=1S/C21H29FN4O3/c1-4-18(29-19-7-5-6-17(22)12-19)15-26-21(23-2)25-14-16-8-9-20(24-13-16)28-11-10-27-3/h5-9,12-13,18H,4,10-11,14-15H2,1-3H3,(H2,23,25,26). The zero-order valence-electron chi connectivity index (χ0n) is 17.2. The maximum absolute atomic E-state index is 13.3. The molecule has 1 heterocycles. The van der Waals surface area contributed by atoms with E-state index in [2.05, 4.69) is 20.6 Å². The molecule has 7 nitrogen and oxygen atoms in total. The molecule has 0 saturated carbocycles. The first-order valence-corrected chi connectivity index (χ1v) is 9.58. The Morgan fingerprint density at radius 3 is 2.72 bits per heavy atom. The summed E-state index contributed by atoms with van der Waals surface area (Å²) in [6, 6.07) is 9.91. The van der Waals surface area contributed by atoms with Gasteiger partial charge in [0.1, 0.15) is 24.3 Å². The number of nitrogens with zero attached hydrogens (tertiary/aromatic N) is 2. The largest absolute Gasteiger partial charge is 0.489 e. The summed E-state index contributed by atoms with van der Waals surface area (Å²) in [5.74, 6) is 1.41. The van der Waals surface area contributed by atoms with Crippen molar-refractivity contribution in [1.29, 1.82) is 0 Å². The van der Waals surface area contributed by atoms with Crippen LogP contribution in [0.3, 0.4) is 0 Å². The van der Waals surface area contributed by atoms with E-state index in [0.717, 1.165) is 12.0 Å². The molecule has 0 aliphatic heterocycles. The second-order valence-corrected chi connectivity index (χ2v) is 6.26. The third kappa shape index (κ3) is 8.35. The lowest BCUT2D eigenvalue weighted by Crippen LogP contribution is -2.42. The predicted molar refractivity (Wildman–Crippen MR) is 111 cm³/mol. The van der Waals surface area contributed by atoms with Crippen LogP contribution in [0, 0.1) is 5.82 Å². The zero-order chi connectivity index (χ0) is 20.9. The van der Waals surface area contributed by atoms with Crippen LogP contribution in [-0.2, 0) is 11.3 Å². The number of halogens is 1. The van der Waals surface area contributed by atoms with Gasteiger partial charge in [-0.15, -0.1) is 0 Å². The van der Waals surface area contributed by atoms with Crippen molar-refractivity contribution in [2.75, 3.05) is 33.9 Å². The van der Waals surface area contributed by atoms with Crippen molar-refractivity contribution in [1.82, 2.24) is 15.6 Å². The highest BCUT2D eigenvalue weighted by Crippen LogP contribution is 2.14. The van der Waals surface area contributed by atoms with Gasteiger partial charge in [-0.1, -0.05) is 19.1 Å². The van der Waals surface area contributed by atoms with Crippen molar-refractivity contribution in [3.63, 3.8) is 0 Å². The zero-order valence-corrected chi connectivity index (χ0v) is 17.2. The average molecular weight is 404 g/mol. The van der Waals surface area contributed by atoms with E-state index in [4.69, 9.17) is 14.2 Å². The molecule has 0 spiro atoms. The molecule has 2 rings (SSSR count). The number of hydrogen-bond acceptors (Lipinski definition) is 5. The second-order valence-electron chi connectivity index (χ2n) is 6.26. The lowest BCUT2D eigenvalue weighted by molar-refractivity contribution is 0.143. The van der Waals surface area contributed by atoms with Gasteiger partial charge in [-0.3, -0.25) is 4.99 Å². The van der Waals surface area contributed by atoms with Crippen LogP contribution in [0.25, 0.3) is 0 Å². The van der Waals surface area contributed by atoms with Crippen LogP contribution in [0.4, 0.5) is 4.39 Å². The Labute approximate surface area is 171 Å². The fraction of sp³-hybridized carbons (Fsp3) is 0.429. The Morgan fingerprint density at radius 1 is 1.21 bits per heavy atom. The van der Waals surface area contributed by atoms with Crippen molar-refractivity contribution in [2.45, 2.75) is 26.0 Å². The number of pyridine rings is 1. The van der Waals surface area contributed by atoms with Gasteiger partial charge in [-0.05, 0) is 24.1 Å². The van der Waals surface area contributed by atoms with Crippen LogP contribution in [0.1, 0.15) is 18.9 Å². The van der Waals surface area contributed by atoms with Crippen LogP contribution in [0.2, 0.25) is 0 Å². The number of hydrogen-bond donors (Lipinski definition) is 2. The summed E-state index contributed by atoms with van der Waals surface area (Å²) in [4.78, 5) is 8.48. The van der Waals surface area contributed by atoms with Crippen molar-refractivity contribution >= 4 is 5.96 Å². The summed E-state index contributed by atoms with van der Waals surface area (Å²) in [5, 5.41) is 6.46. The van der Waals surface area contributed by atoms with E-state index in [1.807, 2.05) is 19.1 Å². The first-order chi connectivity index (χ1) is 14.1. The van der Waals surface area contributed by atoms with Gasteiger partial charge in [0.05, 0.1) is 13.2 Å². The van der Waals surface area contributed by atoms with Crippen molar-refractivity contribution in [3.05, 3.63) is 54.0 Å². The van der Waals surface area contributed by atoms with Crippen molar-refractivity contribution in [3.8, 4) is 11.6 Å². The first kappa shape index (κ1) is 22.4. The van der Waals surface area contributed by atoms with Crippen molar-refractivity contribution in [2.24, 2.45) is 4.99 Å². The Bertz CT molecular complexity index is 756. The van der Waals surface area contributed by atoms with Gasteiger partial charge in [0.2, 0.25) is 5.88 Å². The monoisotopic (exact) mass is 404 g/mol. The molecule has 0 fully saturated rings. The van der Waals surface area contributed by atoms with Crippen molar-refractivity contribution < 1.29 is 18.6 Å². The minimum absolute atomic E-state index is 0.111. The van der Waals surface area contributed by atoms with Gasteiger partial charge < -0.3 is 24.8 Å². The summed E-state index contributed by atoms with van der Waals surface area (Å²) in [6.45, 7) is 4.11. The maximum Gasteiger partial charge on any atom is 0.213 e. The van der Waals surface area contributed by atoms with E-state index in [1.54, 1.807) is 32.5 Å². The molecule has 1 aromatic carbocycles. The Morgan fingerprint density at radius 2 is 2.07 bits per heavy atom. The predicted octanol–water partition coefficient (Wildman–Crippen LogP) is 2.77. The van der Waals surface area contributed by atoms with Gasteiger partial charge in [0.25, 0.3) is 0 Å². The minimum Gasteiger partial charge on any atom is -0.489 e. The molecule has 0 saturated heterocycles. The lowest BCUT2D eigenvalue weighted by Gasteiger charge is -2.20. The molecular weight excluding hydrogens is 375 g/mol. The molecule has 0 bridgehead atoms. The van der Waals surface area contributed by atoms with Crippen LogP contribution in [-0.4, -0.2) is 51.0 Å². The number of methoxy groups -OCH3 is 1. The molecule has 1 unspecified atom stereocenters. The molecule has 1 atom stereocenters. The van der Waals surface area contributed by atoms with Crippen LogP contribution >= 0.6 is 0 Å². The summed E-state index contributed by atoms with van der Waals surface area (Å²) < 4.78 is 29.5.